The van der Waals surface area contributed by atoms with E-state index in [2.05, 4.69) is 16.8 Å². The number of aliphatic imine (C=N–C) groups is 1. The topological polar surface area (TPSA) is 48.2 Å². The lowest BCUT2D eigenvalue weighted by Crippen LogP contribution is -2.15. The monoisotopic (exact) mass is 349 g/mol. The van der Waals surface area contributed by atoms with E-state index in [0.717, 1.165) is 23.3 Å². The zero-order chi connectivity index (χ0) is 18.4. The van der Waals surface area contributed by atoms with Gasteiger partial charge in [-0.25, -0.2) is 4.99 Å². The Bertz CT molecular complexity index is 738. The molecular formula is C18H18F3N3O. The lowest BCUT2D eigenvalue weighted by molar-refractivity contribution is -0.137. The second-order valence-electron chi connectivity index (χ2n) is 5.42. The maximum absolute atomic E-state index is 12.6. The number of amidine groups is 1. The number of rotatable bonds is 5. The number of hydrazone groups is 1. The summed E-state index contributed by atoms with van der Waals surface area (Å²) in [5.74, 6) is 0.226. The molecule has 1 N–H and O–H groups in total. The van der Waals surface area contributed by atoms with Crippen molar-refractivity contribution in [2.24, 2.45) is 10.1 Å². The van der Waals surface area contributed by atoms with E-state index >= 15 is 0 Å². The summed E-state index contributed by atoms with van der Waals surface area (Å²) < 4.78 is 37.8. The summed E-state index contributed by atoms with van der Waals surface area (Å²) in [7, 11) is 1.74. The van der Waals surface area contributed by atoms with Crippen LogP contribution in [0, 0.1) is 0 Å². The van der Waals surface area contributed by atoms with Gasteiger partial charge in [-0.1, -0.05) is 36.4 Å². The third-order valence-electron chi connectivity index (χ3n) is 3.52. The fraction of sp³-hybridized carbons (Fsp3) is 0.222. The lowest BCUT2D eigenvalue weighted by atomic mass is 10.0. The Labute approximate surface area is 143 Å². The van der Waals surface area contributed by atoms with Gasteiger partial charge in [0.1, 0.15) is 6.61 Å². The Morgan fingerprint density at radius 3 is 2.00 bits per heavy atom. The largest absolute Gasteiger partial charge is 0.416 e. The standard InChI is InChI=1S/C18H18F3N3O/c1-22-17(12-25)23-24(2)11-13-3-5-14(6-4-13)15-7-9-16(10-8-15)18(19,20)21/h3-10,25H,1,11-12H2,2H3/b23-17-. The number of aliphatic hydroxyl groups is 1. The first kappa shape index (κ1) is 18.7. The molecule has 0 aliphatic heterocycles. The molecule has 0 spiro atoms. The highest BCUT2D eigenvalue weighted by Gasteiger charge is 2.29. The van der Waals surface area contributed by atoms with Crippen LogP contribution in [0.2, 0.25) is 0 Å². The van der Waals surface area contributed by atoms with Gasteiger partial charge in [0, 0.05) is 7.05 Å². The molecule has 0 heterocycles. The number of hydrogen-bond acceptors (Lipinski definition) is 3. The molecule has 0 radical (unpaired) electrons. The predicted octanol–water partition coefficient (Wildman–Crippen LogP) is 3.81. The summed E-state index contributed by atoms with van der Waals surface area (Å²) in [5, 5.41) is 14.7. The summed E-state index contributed by atoms with van der Waals surface area (Å²) in [6.45, 7) is 3.52. The Kier molecular flexibility index (Phi) is 5.93. The van der Waals surface area contributed by atoms with E-state index in [-0.39, 0.29) is 12.4 Å². The van der Waals surface area contributed by atoms with Crippen molar-refractivity contribution in [3.8, 4) is 11.1 Å². The number of nitrogens with zero attached hydrogens (tertiary/aromatic N) is 3. The average Bonchev–Trinajstić information content (AvgIpc) is 2.59. The fourth-order valence-electron chi connectivity index (χ4n) is 2.26. The smallest absolute Gasteiger partial charge is 0.388 e. The molecule has 132 valence electrons. The average molecular weight is 349 g/mol. The Morgan fingerprint density at radius 1 is 1.04 bits per heavy atom. The first-order valence-corrected chi connectivity index (χ1v) is 7.46. The lowest BCUT2D eigenvalue weighted by Gasteiger charge is -2.14. The van der Waals surface area contributed by atoms with Gasteiger partial charge in [0.05, 0.1) is 12.1 Å². The number of benzene rings is 2. The van der Waals surface area contributed by atoms with Crippen molar-refractivity contribution in [1.29, 1.82) is 0 Å². The highest BCUT2D eigenvalue weighted by atomic mass is 19.4. The maximum Gasteiger partial charge on any atom is 0.416 e. The van der Waals surface area contributed by atoms with Gasteiger partial charge in [-0.15, -0.1) is 0 Å². The van der Waals surface area contributed by atoms with E-state index in [1.807, 2.05) is 24.3 Å². The van der Waals surface area contributed by atoms with Crippen LogP contribution >= 0.6 is 0 Å². The molecule has 2 rings (SSSR count). The molecule has 0 amide bonds. The van der Waals surface area contributed by atoms with Crippen LogP contribution in [0.15, 0.2) is 58.6 Å². The molecule has 0 aliphatic carbocycles. The number of alkyl halides is 3. The zero-order valence-corrected chi connectivity index (χ0v) is 13.7. The normalized spacial score (nSPS) is 12.1. The van der Waals surface area contributed by atoms with Crippen molar-refractivity contribution >= 4 is 12.6 Å². The van der Waals surface area contributed by atoms with Crippen molar-refractivity contribution in [2.75, 3.05) is 13.7 Å². The molecule has 0 saturated heterocycles. The quantitative estimate of drug-likeness (QED) is 0.507. The first-order valence-electron chi connectivity index (χ1n) is 7.46. The summed E-state index contributed by atoms with van der Waals surface area (Å²) in [5.41, 5.74) is 1.84. The van der Waals surface area contributed by atoms with Crippen LogP contribution in [0.25, 0.3) is 11.1 Å². The summed E-state index contributed by atoms with van der Waals surface area (Å²) in [4.78, 5) is 3.59. The van der Waals surface area contributed by atoms with Crippen LogP contribution < -0.4 is 0 Å². The molecule has 2 aromatic carbocycles. The van der Waals surface area contributed by atoms with E-state index in [1.54, 1.807) is 12.1 Å². The van der Waals surface area contributed by atoms with E-state index in [9.17, 15) is 13.2 Å². The van der Waals surface area contributed by atoms with Crippen molar-refractivity contribution in [3.05, 3.63) is 59.7 Å². The van der Waals surface area contributed by atoms with Gasteiger partial charge in [-0.05, 0) is 35.5 Å². The second-order valence-corrected chi connectivity index (χ2v) is 5.42. The van der Waals surface area contributed by atoms with E-state index in [1.165, 1.54) is 12.1 Å². The number of aliphatic hydroxyl groups excluding tert-OH is 1. The van der Waals surface area contributed by atoms with E-state index < -0.39 is 11.7 Å². The van der Waals surface area contributed by atoms with Crippen molar-refractivity contribution in [2.45, 2.75) is 12.7 Å². The minimum atomic E-state index is -4.33. The third-order valence-corrected chi connectivity index (χ3v) is 3.52. The Morgan fingerprint density at radius 2 is 1.56 bits per heavy atom. The molecule has 4 nitrogen and oxygen atoms in total. The third kappa shape index (κ3) is 5.15. The van der Waals surface area contributed by atoms with Crippen LogP contribution in [0.3, 0.4) is 0 Å². The van der Waals surface area contributed by atoms with Crippen LogP contribution in [0.4, 0.5) is 13.2 Å². The van der Waals surface area contributed by atoms with Gasteiger partial charge in [0.2, 0.25) is 0 Å². The molecule has 0 atom stereocenters. The zero-order valence-electron chi connectivity index (χ0n) is 13.7. The van der Waals surface area contributed by atoms with Crippen LogP contribution in [0.1, 0.15) is 11.1 Å². The predicted molar refractivity (Wildman–Crippen MR) is 92.4 cm³/mol. The maximum atomic E-state index is 12.6. The molecule has 2 aromatic rings. The minimum Gasteiger partial charge on any atom is -0.388 e. The van der Waals surface area contributed by atoms with Gasteiger partial charge >= 0.3 is 6.18 Å². The number of hydrogen-bond donors (Lipinski definition) is 1. The van der Waals surface area contributed by atoms with Crippen LogP contribution in [-0.2, 0) is 12.7 Å². The molecule has 25 heavy (non-hydrogen) atoms. The second kappa shape index (κ2) is 7.94. The molecule has 0 aliphatic rings. The van der Waals surface area contributed by atoms with Gasteiger partial charge in [0.15, 0.2) is 5.84 Å². The van der Waals surface area contributed by atoms with E-state index in [0.29, 0.717) is 12.1 Å². The Hall–Kier alpha value is -2.67. The van der Waals surface area contributed by atoms with Crippen LogP contribution in [0.5, 0.6) is 0 Å². The first-order chi connectivity index (χ1) is 11.8. The SMILES string of the molecule is C=N/C(CO)=N\N(C)Cc1ccc(-c2ccc(C(F)(F)F)cc2)cc1. The highest BCUT2D eigenvalue weighted by molar-refractivity contribution is 5.86. The van der Waals surface area contributed by atoms with Gasteiger partial charge in [-0.3, -0.25) is 5.01 Å². The van der Waals surface area contributed by atoms with Crippen LogP contribution in [-0.4, -0.2) is 36.3 Å². The van der Waals surface area contributed by atoms with Gasteiger partial charge in [0.25, 0.3) is 0 Å². The molecular weight excluding hydrogens is 331 g/mol. The molecule has 0 fully saturated rings. The van der Waals surface area contributed by atoms with E-state index in [4.69, 9.17) is 5.11 Å². The van der Waals surface area contributed by atoms with Crippen molar-refractivity contribution in [3.63, 3.8) is 0 Å². The van der Waals surface area contributed by atoms with Gasteiger partial charge < -0.3 is 5.11 Å². The molecule has 0 aromatic heterocycles. The summed E-state index contributed by atoms with van der Waals surface area (Å²) in [6.07, 6.45) is -4.33. The van der Waals surface area contributed by atoms with Crippen molar-refractivity contribution in [1.82, 2.24) is 5.01 Å². The molecule has 7 heteroatoms. The highest BCUT2D eigenvalue weighted by Crippen LogP contribution is 2.31. The number of halogens is 3. The summed E-state index contributed by atoms with van der Waals surface area (Å²) in [6, 6.07) is 12.5. The summed E-state index contributed by atoms with van der Waals surface area (Å²) >= 11 is 0. The Balaban J connectivity index is 2.09. The molecule has 0 unspecified atom stereocenters. The van der Waals surface area contributed by atoms with Crippen molar-refractivity contribution < 1.29 is 18.3 Å². The molecule has 0 bridgehead atoms. The van der Waals surface area contributed by atoms with Gasteiger partial charge in [-0.2, -0.15) is 18.3 Å². The molecule has 0 saturated carbocycles. The minimum absolute atomic E-state index is 0.226. The fourth-order valence-corrected chi connectivity index (χ4v) is 2.26.